The van der Waals surface area contributed by atoms with Crippen molar-refractivity contribution in [3.63, 3.8) is 0 Å². The first-order chi connectivity index (χ1) is 10.9. The third-order valence-electron chi connectivity index (χ3n) is 3.25. The van der Waals surface area contributed by atoms with Gasteiger partial charge in [0.15, 0.2) is 0 Å². The molecular weight excluding hydrogens is 326 g/mol. The number of pyridine rings is 1. The molecule has 0 radical (unpaired) electrons. The van der Waals surface area contributed by atoms with Crippen molar-refractivity contribution in [2.45, 2.75) is 0 Å². The number of carbonyl (C=O) groups is 1. The van der Waals surface area contributed by atoms with Crippen LogP contribution < -0.4 is 5.32 Å². The van der Waals surface area contributed by atoms with Crippen LogP contribution in [0.2, 0.25) is 5.02 Å². The molecule has 0 aliphatic rings. The molecule has 0 spiro atoms. The minimum Gasteiger partial charge on any atom is -0.465 e. The van der Waals surface area contributed by atoms with Crippen molar-refractivity contribution < 1.29 is 18.7 Å². The Bertz CT molecular complexity index is 908. The molecule has 1 aromatic heterocycles. The molecule has 0 atom stereocenters. The summed E-state index contributed by atoms with van der Waals surface area (Å²) in [6.07, 6.45) is 0.244. The van der Waals surface area contributed by atoms with Gasteiger partial charge in [0, 0.05) is 23.2 Å². The molecule has 0 saturated heterocycles. The summed E-state index contributed by atoms with van der Waals surface area (Å²) in [7, 11) is 0. The van der Waals surface area contributed by atoms with Crippen LogP contribution in [0.3, 0.4) is 0 Å². The first-order valence-corrected chi connectivity index (χ1v) is 6.86. The SMILES string of the molecule is O=C(O)Nc1cc2ccc(-c3c(F)cc(F)cc3Cl)cc2cn1. The number of nitrogens with zero attached hydrogens (tertiary/aromatic N) is 1. The van der Waals surface area contributed by atoms with Gasteiger partial charge >= 0.3 is 6.09 Å². The Balaban J connectivity index is 2.09. The van der Waals surface area contributed by atoms with Gasteiger partial charge in [-0.2, -0.15) is 0 Å². The molecule has 0 aliphatic carbocycles. The van der Waals surface area contributed by atoms with Crippen LogP contribution in [0.25, 0.3) is 21.9 Å². The summed E-state index contributed by atoms with van der Waals surface area (Å²) in [5, 5.41) is 12.2. The number of fused-ring (bicyclic) bond motifs is 1. The molecule has 0 bridgehead atoms. The Labute approximate surface area is 134 Å². The average molecular weight is 335 g/mol. The summed E-state index contributed by atoms with van der Waals surface area (Å²) in [4.78, 5) is 14.6. The Morgan fingerprint density at radius 3 is 2.61 bits per heavy atom. The predicted octanol–water partition coefficient (Wildman–Crippen LogP) is 4.92. The van der Waals surface area contributed by atoms with Crippen molar-refractivity contribution in [3.05, 3.63) is 59.3 Å². The highest BCUT2D eigenvalue weighted by atomic mass is 35.5. The van der Waals surface area contributed by atoms with Gasteiger partial charge in [-0.15, -0.1) is 0 Å². The highest BCUT2D eigenvalue weighted by Gasteiger charge is 2.13. The van der Waals surface area contributed by atoms with Gasteiger partial charge < -0.3 is 5.11 Å². The molecule has 4 nitrogen and oxygen atoms in total. The zero-order chi connectivity index (χ0) is 16.6. The minimum atomic E-state index is -1.21. The Morgan fingerprint density at radius 2 is 1.91 bits per heavy atom. The number of rotatable bonds is 2. The average Bonchev–Trinajstić information content (AvgIpc) is 2.45. The number of halogens is 3. The van der Waals surface area contributed by atoms with Crippen LogP contribution in [0.5, 0.6) is 0 Å². The van der Waals surface area contributed by atoms with Gasteiger partial charge in [0.25, 0.3) is 0 Å². The molecule has 1 amide bonds. The van der Waals surface area contributed by atoms with Gasteiger partial charge in [-0.25, -0.2) is 18.6 Å². The molecule has 3 aromatic rings. The van der Waals surface area contributed by atoms with E-state index in [4.69, 9.17) is 16.7 Å². The standard InChI is InChI=1S/C16H9ClF2N2O2/c17-12-5-11(18)6-13(19)15(12)9-2-1-8-4-14(21-16(22)23)20-7-10(8)3-9/h1-7H,(H,20,21)(H,22,23). The van der Waals surface area contributed by atoms with Crippen molar-refractivity contribution in [3.8, 4) is 11.1 Å². The van der Waals surface area contributed by atoms with Crippen LogP contribution in [-0.4, -0.2) is 16.2 Å². The minimum absolute atomic E-state index is 0.0287. The fourth-order valence-electron chi connectivity index (χ4n) is 2.29. The quantitative estimate of drug-likeness (QED) is 0.699. The molecule has 2 N–H and O–H groups in total. The van der Waals surface area contributed by atoms with Crippen LogP contribution in [0.15, 0.2) is 42.6 Å². The molecule has 7 heteroatoms. The summed E-state index contributed by atoms with van der Waals surface area (Å²) < 4.78 is 27.1. The van der Waals surface area contributed by atoms with Gasteiger partial charge in [0.1, 0.15) is 17.5 Å². The lowest BCUT2D eigenvalue weighted by molar-refractivity contribution is 0.209. The number of hydrogen-bond acceptors (Lipinski definition) is 2. The molecule has 0 unspecified atom stereocenters. The zero-order valence-corrected chi connectivity index (χ0v) is 12.2. The maximum atomic E-state index is 14.0. The molecule has 1 heterocycles. The fourth-order valence-corrected chi connectivity index (χ4v) is 2.60. The number of hydrogen-bond donors (Lipinski definition) is 2. The molecule has 2 aromatic carbocycles. The van der Waals surface area contributed by atoms with Crippen LogP contribution >= 0.6 is 11.6 Å². The van der Waals surface area contributed by atoms with Gasteiger partial charge in [-0.05, 0) is 29.1 Å². The van der Waals surface area contributed by atoms with E-state index in [-0.39, 0.29) is 16.4 Å². The van der Waals surface area contributed by atoms with Crippen molar-refractivity contribution in [2.75, 3.05) is 5.32 Å². The van der Waals surface area contributed by atoms with E-state index in [9.17, 15) is 13.6 Å². The molecule has 116 valence electrons. The molecule has 0 aliphatic heterocycles. The van der Waals surface area contributed by atoms with E-state index in [2.05, 4.69) is 10.3 Å². The van der Waals surface area contributed by atoms with E-state index in [1.165, 1.54) is 6.20 Å². The van der Waals surface area contributed by atoms with E-state index >= 15 is 0 Å². The topological polar surface area (TPSA) is 62.2 Å². The Kier molecular flexibility index (Phi) is 3.83. The van der Waals surface area contributed by atoms with Crippen molar-refractivity contribution in [1.29, 1.82) is 0 Å². The van der Waals surface area contributed by atoms with Gasteiger partial charge in [0.2, 0.25) is 0 Å². The van der Waals surface area contributed by atoms with Gasteiger partial charge in [0.05, 0.1) is 5.02 Å². The highest BCUT2D eigenvalue weighted by molar-refractivity contribution is 6.33. The van der Waals surface area contributed by atoms with Crippen LogP contribution in [0, 0.1) is 11.6 Å². The number of aromatic nitrogens is 1. The van der Waals surface area contributed by atoms with Crippen LogP contribution in [0.1, 0.15) is 0 Å². The summed E-state index contributed by atoms with van der Waals surface area (Å²) in [6.45, 7) is 0. The van der Waals surface area contributed by atoms with E-state index in [0.29, 0.717) is 16.3 Å². The molecule has 23 heavy (non-hydrogen) atoms. The smallest absolute Gasteiger partial charge is 0.410 e. The Hall–Kier alpha value is -2.73. The second-order valence-electron chi connectivity index (χ2n) is 4.81. The Morgan fingerprint density at radius 1 is 1.13 bits per heavy atom. The maximum Gasteiger partial charge on any atom is 0.410 e. The maximum absolute atomic E-state index is 14.0. The first-order valence-electron chi connectivity index (χ1n) is 6.49. The second-order valence-corrected chi connectivity index (χ2v) is 5.21. The summed E-state index contributed by atoms with van der Waals surface area (Å²) in [6, 6.07) is 8.31. The lowest BCUT2D eigenvalue weighted by Crippen LogP contribution is -2.08. The number of anilines is 1. The molecule has 0 saturated carbocycles. The van der Waals surface area contributed by atoms with E-state index in [1.54, 1.807) is 24.3 Å². The van der Waals surface area contributed by atoms with Gasteiger partial charge in [-0.3, -0.25) is 5.32 Å². The van der Waals surface area contributed by atoms with Crippen molar-refractivity contribution in [2.24, 2.45) is 0 Å². The predicted molar refractivity (Wildman–Crippen MR) is 83.8 cm³/mol. The third kappa shape index (κ3) is 3.07. The van der Waals surface area contributed by atoms with E-state index < -0.39 is 17.7 Å². The van der Waals surface area contributed by atoms with Gasteiger partial charge in [-0.1, -0.05) is 23.7 Å². The van der Waals surface area contributed by atoms with Crippen LogP contribution in [-0.2, 0) is 0 Å². The highest BCUT2D eigenvalue weighted by Crippen LogP contribution is 2.33. The molecule has 3 rings (SSSR count). The number of nitrogens with one attached hydrogen (secondary N) is 1. The summed E-state index contributed by atoms with van der Waals surface area (Å²) in [5.74, 6) is -1.32. The van der Waals surface area contributed by atoms with Crippen LogP contribution in [0.4, 0.5) is 19.4 Å². The molecule has 0 fully saturated rings. The second kappa shape index (κ2) is 5.81. The monoisotopic (exact) mass is 334 g/mol. The third-order valence-corrected chi connectivity index (χ3v) is 3.55. The lowest BCUT2D eigenvalue weighted by atomic mass is 10.0. The number of carboxylic acid groups (broad SMARTS) is 1. The normalized spacial score (nSPS) is 10.7. The van der Waals surface area contributed by atoms with E-state index in [1.807, 2.05) is 0 Å². The first kappa shape index (κ1) is 15.2. The fraction of sp³-hybridized carbons (Fsp3) is 0. The van der Waals surface area contributed by atoms with E-state index in [0.717, 1.165) is 12.1 Å². The number of benzene rings is 2. The summed E-state index contributed by atoms with van der Waals surface area (Å²) in [5.41, 5.74) is 0.573. The number of amides is 1. The van der Waals surface area contributed by atoms with Crippen molar-refractivity contribution >= 4 is 34.3 Å². The molecular formula is C16H9ClF2N2O2. The largest absolute Gasteiger partial charge is 0.465 e. The summed E-state index contributed by atoms with van der Waals surface area (Å²) >= 11 is 5.93. The lowest BCUT2D eigenvalue weighted by Gasteiger charge is -2.09. The zero-order valence-electron chi connectivity index (χ0n) is 11.5. The van der Waals surface area contributed by atoms with Crippen molar-refractivity contribution in [1.82, 2.24) is 4.98 Å².